The molecule has 3 heteroatoms. The average Bonchev–Trinajstić information content (AvgIpc) is 2.85. The van der Waals surface area contributed by atoms with Gasteiger partial charge in [0.25, 0.3) is 5.91 Å². The third kappa shape index (κ3) is 4.21. The van der Waals surface area contributed by atoms with Crippen molar-refractivity contribution in [3.05, 3.63) is 57.8 Å². The molecule has 0 spiro atoms. The van der Waals surface area contributed by atoms with E-state index in [1.54, 1.807) is 11.3 Å². The Balaban J connectivity index is 1.91. The van der Waals surface area contributed by atoms with Gasteiger partial charge in [-0.25, -0.2) is 0 Å². The molecule has 2 rings (SSSR count). The van der Waals surface area contributed by atoms with Crippen LogP contribution in [0, 0.1) is 5.92 Å². The van der Waals surface area contributed by atoms with Gasteiger partial charge in [0.05, 0.1) is 4.88 Å². The molecule has 1 heterocycles. The number of rotatable bonds is 5. The van der Waals surface area contributed by atoms with Crippen LogP contribution in [0.1, 0.15) is 34.0 Å². The molecule has 0 radical (unpaired) electrons. The summed E-state index contributed by atoms with van der Waals surface area (Å²) in [5.41, 5.74) is 1.12. The summed E-state index contributed by atoms with van der Waals surface area (Å²) < 4.78 is 0. The van der Waals surface area contributed by atoms with Gasteiger partial charge in [0.1, 0.15) is 0 Å². The summed E-state index contributed by atoms with van der Waals surface area (Å²) in [6, 6.07) is 13.9. The molecule has 1 aromatic carbocycles. The van der Waals surface area contributed by atoms with Gasteiger partial charge in [-0.15, -0.1) is 11.3 Å². The minimum absolute atomic E-state index is 0.0175. The van der Waals surface area contributed by atoms with Gasteiger partial charge in [0, 0.05) is 11.4 Å². The van der Waals surface area contributed by atoms with Gasteiger partial charge in [0.2, 0.25) is 0 Å². The lowest BCUT2D eigenvalue weighted by Gasteiger charge is -2.03. The molecule has 0 fully saturated rings. The number of hydrogen-bond acceptors (Lipinski definition) is 2. The van der Waals surface area contributed by atoms with Crippen LogP contribution >= 0.6 is 11.3 Å². The Hall–Kier alpha value is -1.61. The first kappa shape index (κ1) is 13.8. The first-order valence-electron chi connectivity index (χ1n) is 6.56. The van der Waals surface area contributed by atoms with Crippen molar-refractivity contribution in [2.75, 3.05) is 0 Å². The fraction of sp³-hybridized carbons (Fsp3) is 0.312. The van der Waals surface area contributed by atoms with Crippen molar-refractivity contribution < 1.29 is 4.79 Å². The molecular formula is C16H19NOS. The van der Waals surface area contributed by atoms with Crippen molar-refractivity contribution in [2.24, 2.45) is 5.92 Å². The standard InChI is InChI=1S/C16H19NOS/c1-12(2)10-14-8-9-15(19-14)16(18)17-11-13-6-4-3-5-7-13/h3-9,12H,10-11H2,1-2H3,(H,17,18). The number of amides is 1. The van der Waals surface area contributed by atoms with Crippen LogP contribution in [0.25, 0.3) is 0 Å². The summed E-state index contributed by atoms with van der Waals surface area (Å²) in [5.74, 6) is 0.641. The summed E-state index contributed by atoms with van der Waals surface area (Å²) in [6.45, 7) is 4.96. The van der Waals surface area contributed by atoms with E-state index >= 15 is 0 Å². The minimum atomic E-state index is 0.0175. The molecule has 1 aromatic heterocycles. The van der Waals surface area contributed by atoms with Gasteiger partial charge in [-0.1, -0.05) is 44.2 Å². The van der Waals surface area contributed by atoms with Gasteiger partial charge >= 0.3 is 0 Å². The molecule has 1 amide bonds. The molecule has 0 unspecified atom stereocenters. The molecule has 0 aliphatic carbocycles. The van der Waals surface area contributed by atoms with E-state index in [9.17, 15) is 4.79 Å². The highest BCUT2D eigenvalue weighted by atomic mass is 32.1. The Labute approximate surface area is 118 Å². The molecule has 100 valence electrons. The Kier molecular flexibility index (Phi) is 4.74. The summed E-state index contributed by atoms with van der Waals surface area (Å²) in [7, 11) is 0. The molecule has 0 bridgehead atoms. The Morgan fingerprint density at radius 1 is 1.16 bits per heavy atom. The van der Waals surface area contributed by atoms with Gasteiger partial charge in [-0.3, -0.25) is 4.79 Å². The van der Waals surface area contributed by atoms with Crippen molar-refractivity contribution in [3.8, 4) is 0 Å². The molecule has 0 saturated carbocycles. The zero-order valence-corrected chi connectivity index (χ0v) is 12.2. The SMILES string of the molecule is CC(C)Cc1ccc(C(=O)NCc2ccccc2)s1. The highest BCUT2D eigenvalue weighted by molar-refractivity contribution is 7.14. The summed E-state index contributed by atoms with van der Waals surface area (Å²) in [6.07, 6.45) is 1.04. The van der Waals surface area contributed by atoms with Gasteiger partial charge in [-0.05, 0) is 30.0 Å². The van der Waals surface area contributed by atoms with Crippen LogP contribution in [-0.2, 0) is 13.0 Å². The van der Waals surface area contributed by atoms with Crippen LogP contribution in [-0.4, -0.2) is 5.91 Å². The lowest BCUT2D eigenvalue weighted by Crippen LogP contribution is -2.21. The molecule has 0 aliphatic rings. The number of carbonyl (C=O) groups is 1. The van der Waals surface area contributed by atoms with E-state index in [0.717, 1.165) is 16.9 Å². The van der Waals surface area contributed by atoms with Crippen LogP contribution in [0.15, 0.2) is 42.5 Å². The van der Waals surface area contributed by atoms with Crippen molar-refractivity contribution >= 4 is 17.2 Å². The highest BCUT2D eigenvalue weighted by Crippen LogP contribution is 2.19. The van der Waals surface area contributed by atoms with Crippen LogP contribution in [0.4, 0.5) is 0 Å². The zero-order chi connectivity index (χ0) is 13.7. The van der Waals surface area contributed by atoms with Gasteiger partial charge < -0.3 is 5.32 Å². The number of hydrogen-bond donors (Lipinski definition) is 1. The number of carbonyl (C=O) groups excluding carboxylic acids is 1. The van der Waals surface area contributed by atoms with E-state index in [1.807, 2.05) is 36.4 Å². The van der Waals surface area contributed by atoms with E-state index in [-0.39, 0.29) is 5.91 Å². The first-order chi connectivity index (χ1) is 9.15. The average molecular weight is 273 g/mol. The second-order valence-corrected chi connectivity index (χ2v) is 6.20. The van der Waals surface area contributed by atoms with E-state index < -0.39 is 0 Å². The van der Waals surface area contributed by atoms with E-state index in [2.05, 4.69) is 25.2 Å². The maximum absolute atomic E-state index is 12.0. The molecular weight excluding hydrogens is 254 g/mol. The molecule has 0 saturated heterocycles. The third-order valence-corrected chi connectivity index (χ3v) is 3.90. The predicted molar refractivity (Wildman–Crippen MR) is 80.5 cm³/mol. The van der Waals surface area contributed by atoms with Crippen LogP contribution in [0.2, 0.25) is 0 Å². The van der Waals surface area contributed by atoms with Crippen LogP contribution < -0.4 is 5.32 Å². The zero-order valence-electron chi connectivity index (χ0n) is 11.3. The van der Waals surface area contributed by atoms with Crippen molar-refractivity contribution in [2.45, 2.75) is 26.8 Å². The summed E-state index contributed by atoms with van der Waals surface area (Å²) in [5, 5.41) is 2.95. The highest BCUT2D eigenvalue weighted by Gasteiger charge is 2.09. The summed E-state index contributed by atoms with van der Waals surface area (Å²) in [4.78, 5) is 14.1. The molecule has 19 heavy (non-hydrogen) atoms. The largest absolute Gasteiger partial charge is 0.347 e. The Morgan fingerprint density at radius 2 is 1.89 bits per heavy atom. The van der Waals surface area contributed by atoms with E-state index in [1.165, 1.54) is 4.88 Å². The maximum Gasteiger partial charge on any atom is 0.261 e. The minimum Gasteiger partial charge on any atom is -0.347 e. The van der Waals surface area contributed by atoms with E-state index in [0.29, 0.717) is 12.5 Å². The fourth-order valence-corrected chi connectivity index (χ4v) is 3.01. The monoisotopic (exact) mass is 273 g/mol. The topological polar surface area (TPSA) is 29.1 Å². The second kappa shape index (κ2) is 6.53. The lowest BCUT2D eigenvalue weighted by atomic mass is 10.1. The molecule has 1 N–H and O–H groups in total. The van der Waals surface area contributed by atoms with Crippen LogP contribution in [0.5, 0.6) is 0 Å². The molecule has 2 aromatic rings. The maximum atomic E-state index is 12.0. The van der Waals surface area contributed by atoms with Crippen molar-refractivity contribution in [1.82, 2.24) is 5.32 Å². The third-order valence-electron chi connectivity index (χ3n) is 2.79. The normalized spacial score (nSPS) is 10.7. The Bertz CT molecular complexity index is 531. The number of thiophene rings is 1. The molecule has 0 aliphatic heterocycles. The molecule has 0 atom stereocenters. The van der Waals surface area contributed by atoms with Crippen molar-refractivity contribution in [3.63, 3.8) is 0 Å². The van der Waals surface area contributed by atoms with E-state index in [4.69, 9.17) is 0 Å². The number of nitrogens with one attached hydrogen (secondary N) is 1. The second-order valence-electron chi connectivity index (χ2n) is 5.03. The lowest BCUT2D eigenvalue weighted by molar-refractivity contribution is 0.0955. The molecule has 2 nitrogen and oxygen atoms in total. The Morgan fingerprint density at radius 3 is 2.58 bits per heavy atom. The van der Waals surface area contributed by atoms with Gasteiger partial charge in [0.15, 0.2) is 0 Å². The predicted octanol–water partition coefficient (Wildman–Crippen LogP) is 3.88. The first-order valence-corrected chi connectivity index (χ1v) is 7.37. The van der Waals surface area contributed by atoms with Crippen LogP contribution in [0.3, 0.4) is 0 Å². The quantitative estimate of drug-likeness (QED) is 0.880. The fourth-order valence-electron chi connectivity index (χ4n) is 1.88. The van der Waals surface area contributed by atoms with Gasteiger partial charge in [-0.2, -0.15) is 0 Å². The van der Waals surface area contributed by atoms with Crippen molar-refractivity contribution in [1.29, 1.82) is 0 Å². The summed E-state index contributed by atoms with van der Waals surface area (Å²) >= 11 is 1.59. The number of benzene rings is 1. The smallest absolute Gasteiger partial charge is 0.261 e.